The number of hydrogen-bond acceptors (Lipinski definition) is 4. The number of nitrogens with one attached hydrogen (secondary N) is 1. The molecule has 0 unspecified atom stereocenters. The Kier molecular flexibility index (Phi) is 4.61. The van der Waals surface area contributed by atoms with Crippen LogP contribution in [0.3, 0.4) is 0 Å². The molecular weight excluding hydrogens is 304 g/mol. The van der Waals surface area contributed by atoms with Crippen LogP contribution in [0.15, 0.2) is 59.1 Å². The summed E-state index contributed by atoms with van der Waals surface area (Å²) in [5.41, 5.74) is 1.78. The van der Waals surface area contributed by atoms with Gasteiger partial charge in [-0.25, -0.2) is 0 Å². The zero-order chi connectivity index (χ0) is 16.9. The lowest BCUT2D eigenvalue weighted by molar-refractivity contribution is 0.102. The van der Waals surface area contributed by atoms with Gasteiger partial charge in [-0.3, -0.25) is 4.79 Å². The number of nitrogens with zero attached hydrogens (tertiary/aromatic N) is 1. The van der Waals surface area contributed by atoms with Crippen molar-refractivity contribution in [3.05, 3.63) is 71.6 Å². The van der Waals surface area contributed by atoms with Crippen molar-refractivity contribution < 1.29 is 14.1 Å². The van der Waals surface area contributed by atoms with E-state index in [0.29, 0.717) is 34.9 Å². The highest BCUT2D eigenvalue weighted by atomic mass is 16.5. The van der Waals surface area contributed by atoms with Crippen LogP contribution in [0, 0.1) is 6.92 Å². The first kappa shape index (κ1) is 15.8. The van der Waals surface area contributed by atoms with E-state index >= 15 is 0 Å². The molecule has 0 saturated heterocycles. The molecule has 1 aromatic heterocycles. The molecule has 24 heavy (non-hydrogen) atoms. The Morgan fingerprint density at radius 2 is 1.75 bits per heavy atom. The van der Waals surface area contributed by atoms with Crippen LogP contribution in [-0.2, 0) is 6.42 Å². The molecule has 0 saturated carbocycles. The summed E-state index contributed by atoms with van der Waals surface area (Å²) in [4.78, 5) is 12.4. The van der Waals surface area contributed by atoms with Crippen molar-refractivity contribution in [2.24, 2.45) is 0 Å². The number of ether oxygens (including phenoxy) is 1. The van der Waals surface area contributed by atoms with Gasteiger partial charge in [0.15, 0.2) is 0 Å². The summed E-state index contributed by atoms with van der Waals surface area (Å²) >= 11 is 0. The molecule has 1 N–H and O–H groups in total. The lowest BCUT2D eigenvalue weighted by atomic mass is 10.1. The van der Waals surface area contributed by atoms with Gasteiger partial charge in [0.25, 0.3) is 5.91 Å². The van der Waals surface area contributed by atoms with Crippen LogP contribution in [0.1, 0.15) is 28.7 Å². The van der Waals surface area contributed by atoms with Crippen molar-refractivity contribution in [1.82, 2.24) is 5.16 Å². The third kappa shape index (κ3) is 3.46. The average Bonchev–Trinajstić information content (AvgIpc) is 2.98. The van der Waals surface area contributed by atoms with Crippen LogP contribution in [0.25, 0.3) is 0 Å². The topological polar surface area (TPSA) is 64.4 Å². The SMILES string of the molecule is CCc1onc(C)c1C(=O)Nc1ccc(Oc2ccccc2)cc1. The molecule has 0 radical (unpaired) electrons. The van der Waals surface area contributed by atoms with Crippen molar-refractivity contribution in [3.63, 3.8) is 0 Å². The summed E-state index contributed by atoms with van der Waals surface area (Å²) in [6.45, 7) is 3.68. The third-order valence-corrected chi connectivity index (χ3v) is 3.57. The van der Waals surface area contributed by atoms with Gasteiger partial charge in [-0.05, 0) is 43.3 Å². The van der Waals surface area contributed by atoms with E-state index in [-0.39, 0.29) is 5.91 Å². The van der Waals surface area contributed by atoms with E-state index in [0.717, 1.165) is 5.75 Å². The van der Waals surface area contributed by atoms with Crippen LogP contribution < -0.4 is 10.1 Å². The number of rotatable bonds is 5. The molecule has 2 aromatic carbocycles. The third-order valence-electron chi connectivity index (χ3n) is 3.57. The van der Waals surface area contributed by atoms with Gasteiger partial charge in [0.05, 0.1) is 5.69 Å². The number of para-hydroxylation sites is 1. The lowest BCUT2D eigenvalue weighted by Gasteiger charge is -2.08. The largest absolute Gasteiger partial charge is 0.457 e. The Labute approximate surface area is 140 Å². The number of amides is 1. The van der Waals surface area contributed by atoms with Gasteiger partial charge < -0.3 is 14.6 Å². The second kappa shape index (κ2) is 7.00. The highest BCUT2D eigenvalue weighted by Crippen LogP contribution is 2.23. The number of aryl methyl sites for hydroxylation is 2. The number of carbonyl (C=O) groups is 1. The van der Waals surface area contributed by atoms with E-state index in [1.54, 1.807) is 19.1 Å². The zero-order valence-electron chi connectivity index (χ0n) is 13.6. The maximum atomic E-state index is 12.4. The molecule has 1 heterocycles. The second-order valence-electron chi connectivity index (χ2n) is 5.31. The smallest absolute Gasteiger partial charge is 0.261 e. The summed E-state index contributed by atoms with van der Waals surface area (Å²) < 4.78 is 10.9. The second-order valence-corrected chi connectivity index (χ2v) is 5.31. The summed E-state index contributed by atoms with van der Waals surface area (Å²) in [5, 5.41) is 6.71. The van der Waals surface area contributed by atoms with Crippen molar-refractivity contribution >= 4 is 11.6 Å². The summed E-state index contributed by atoms with van der Waals surface area (Å²) in [6.07, 6.45) is 0.618. The van der Waals surface area contributed by atoms with Gasteiger partial charge in [0, 0.05) is 12.1 Å². The van der Waals surface area contributed by atoms with Gasteiger partial charge in [0.2, 0.25) is 0 Å². The van der Waals surface area contributed by atoms with Gasteiger partial charge in [0.1, 0.15) is 22.8 Å². The van der Waals surface area contributed by atoms with Crippen molar-refractivity contribution in [2.75, 3.05) is 5.32 Å². The quantitative estimate of drug-likeness (QED) is 0.746. The molecule has 5 heteroatoms. The highest BCUT2D eigenvalue weighted by Gasteiger charge is 2.19. The van der Waals surface area contributed by atoms with Gasteiger partial charge in [-0.2, -0.15) is 0 Å². The predicted molar refractivity (Wildman–Crippen MR) is 91.5 cm³/mol. The Bertz CT molecular complexity index is 824. The number of anilines is 1. The first-order valence-electron chi connectivity index (χ1n) is 7.77. The van der Waals surface area contributed by atoms with Crippen LogP contribution in [-0.4, -0.2) is 11.1 Å². The van der Waals surface area contributed by atoms with E-state index in [9.17, 15) is 4.79 Å². The fourth-order valence-corrected chi connectivity index (χ4v) is 2.37. The Hall–Kier alpha value is -3.08. The molecule has 0 aliphatic rings. The minimum Gasteiger partial charge on any atom is -0.457 e. The molecule has 5 nitrogen and oxygen atoms in total. The fraction of sp³-hybridized carbons (Fsp3) is 0.158. The maximum Gasteiger partial charge on any atom is 0.261 e. The van der Waals surface area contributed by atoms with Crippen molar-refractivity contribution in [3.8, 4) is 11.5 Å². The maximum absolute atomic E-state index is 12.4. The van der Waals surface area contributed by atoms with E-state index in [4.69, 9.17) is 9.26 Å². The Morgan fingerprint density at radius 1 is 1.08 bits per heavy atom. The Morgan fingerprint density at radius 3 is 2.42 bits per heavy atom. The Balaban J connectivity index is 1.70. The first-order chi connectivity index (χ1) is 11.7. The number of hydrogen-bond donors (Lipinski definition) is 1. The molecular formula is C19H18N2O3. The van der Waals surface area contributed by atoms with E-state index in [1.807, 2.05) is 49.4 Å². The van der Waals surface area contributed by atoms with Crippen LogP contribution in [0.5, 0.6) is 11.5 Å². The average molecular weight is 322 g/mol. The van der Waals surface area contributed by atoms with E-state index < -0.39 is 0 Å². The summed E-state index contributed by atoms with van der Waals surface area (Å²) in [5.74, 6) is 1.84. The zero-order valence-corrected chi connectivity index (χ0v) is 13.6. The van der Waals surface area contributed by atoms with Crippen LogP contribution in [0.4, 0.5) is 5.69 Å². The molecule has 0 aliphatic carbocycles. The molecule has 1 amide bonds. The minimum absolute atomic E-state index is 0.220. The molecule has 3 aromatic rings. The molecule has 0 aliphatic heterocycles. The number of benzene rings is 2. The molecule has 122 valence electrons. The van der Waals surface area contributed by atoms with Crippen molar-refractivity contribution in [1.29, 1.82) is 0 Å². The highest BCUT2D eigenvalue weighted by molar-refractivity contribution is 6.05. The normalized spacial score (nSPS) is 10.4. The summed E-state index contributed by atoms with van der Waals surface area (Å²) in [6, 6.07) is 16.7. The number of aromatic nitrogens is 1. The van der Waals surface area contributed by atoms with Gasteiger partial charge >= 0.3 is 0 Å². The van der Waals surface area contributed by atoms with E-state index in [1.165, 1.54) is 0 Å². The van der Waals surface area contributed by atoms with Gasteiger partial charge in [-0.1, -0.05) is 30.3 Å². The first-order valence-corrected chi connectivity index (χ1v) is 7.77. The van der Waals surface area contributed by atoms with Crippen LogP contribution >= 0.6 is 0 Å². The molecule has 0 spiro atoms. The minimum atomic E-state index is -0.220. The van der Waals surface area contributed by atoms with E-state index in [2.05, 4.69) is 10.5 Å². The summed E-state index contributed by atoms with van der Waals surface area (Å²) in [7, 11) is 0. The number of carbonyl (C=O) groups excluding carboxylic acids is 1. The standard InChI is InChI=1S/C19H18N2O3/c1-3-17-18(13(2)21-24-17)19(22)20-14-9-11-16(12-10-14)23-15-7-5-4-6-8-15/h4-12H,3H2,1-2H3,(H,20,22). The molecule has 0 fully saturated rings. The monoisotopic (exact) mass is 322 g/mol. The van der Waals surface area contributed by atoms with Crippen LogP contribution in [0.2, 0.25) is 0 Å². The fourth-order valence-electron chi connectivity index (χ4n) is 2.37. The lowest BCUT2D eigenvalue weighted by Crippen LogP contribution is -2.14. The van der Waals surface area contributed by atoms with Crippen molar-refractivity contribution in [2.45, 2.75) is 20.3 Å². The molecule has 0 atom stereocenters. The van der Waals surface area contributed by atoms with Gasteiger partial charge in [-0.15, -0.1) is 0 Å². The molecule has 0 bridgehead atoms. The molecule has 3 rings (SSSR count). The predicted octanol–water partition coefficient (Wildman–Crippen LogP) is 4.59.